The third-order valence-electron chi connectivity index (χ3n) is 8.07. The van der Waals surface area contributed by atoms with Crippen LogP contribution in [0, 0.1) is 22.0 Å². The van der Waals surface area contributed by atoms with Crippen LogP contribution >= 0.6 is 0 Å². The Balaban J connectivity index is 1.33. The summed E-state index contributed by atoms with van der Waals surface area (Å²) in [6, 6.07) is 14.6. The maximum atomic E-state index is 11.5. The van der Waals surface area contributed by atoms with Crippen LogP contribution in [0.3, 0.4) is 0 Å². The molecule has 3 aliphatic rings. The van der Waals surface area contributed by atoms with Gasteiger partial charge in [0, 0.05) is 30.2 Å². The molecule has 0 N–H and O–H groups in total. The van der Waals surface area contributed by atoms with Gasteiger partial charge >= 0.3 is 0 Å². The summed E-state index contributed by atoms with van der Waals surface area (Å²) in [7, 11) is 1.66. The summed E-state index contributed by atoms with van der Waals surface area (Å²) in [5, 5.41) is 20.9. The van der Waals surface area contributed by atoms with Gasteiger partial charge in [-0.2, -0.15) is 0 Å². The van der Waals surface area contributed by atoms with E-state index in [9.17, 15) is 10.1 Å². The van der Waals surface area contributed by atoms with Crippen molar-refractivity contribution < 1.29 is 14.4 Å². The Labute approximate surface area is 226 Å². The molecule has 2 bridgehead atoms. The highest BCUT2D eigenvalue weighted by Gasteiger charge is 2.43. The zero-order chi connectivity index (χ0) is 26.9. The summed E-state index contributed by atoms with van der Waals surface area (Å²) in [5.41, 5.74) is 2.85. The number of rotatable bonds is 9. The number of nitro benzene ring substituents is 1. The number of ether oxygens (including phenoxy) is 2. The quantitative estimate of drug-likeness (QED) is 0.172. The monoisotopic (exact) mass is 526 g/mol. The average molecular weight is 527 g/mol. The third-order valence-corrected chi connectivity index (χ3v) is 8.07. The molecule has 1 unspecified atom stereocenters. The number of nitro groups is 1. The van der Waals surface area contributed by atoms with Gasteiger partial charge in [0.2, 0.25) is 0 Å². The van der Waals surface area contributed by atoms with Crippen LogP contribution in [-0.4, -0.2) is 56.0 Å². The Morgan fingerprint density at radius 1 is 1.26 bits per heavy atom. The van der Waals surface area contributed by atoms with Crippen molar-refractivity contribution in [3.05, 3.63) is 95.0 Å². The van der Waals surface area contributed by atoms with Crippen molar-refractivity contribution in [1.29, 1.82) is 0 Å². The van der Waals surface area contributed by atoms with Crippen LogP contribution in [0.4, 0.5) is 5.69 Å². The van der Waals surface area contributed by atoms with Gasteiger partial charge in [-0.3, -0.25) is 20.0 Å². The minimum Gasteiger partial charge on any atom is -0.497 e. The molecule has 0 spiro atoms. The van der Waals surface area contributed by atoms with E-state index in [1.54, 1.807) is 31.5 Å². The number of pyridine rings is 1. The first kappa shape index (κ1) is 25.1. The SMILES string of the molecule is C=C[C@H]1CN2CC[C@H]1C[C@@H]2[C@H](OCc1cn(-c2ccccc2[N+](=O)[O-])nn1)c1ccnc2ccc(OC)cc12. The van der Waals surface area contributed by atoms with Crippen LogP contribution in [0.15, 0.2) is 73.6 Å². The molecule has 10 heteroatoms. The summed E-state index contributed by atoms with van der Waals surface area (Å²) in [6.07, 6.45) is 7.54. The summed E-state index contributed by atoms with van der Waals surface area (Å²) in [5.74, 6) is 1.83. The van der Waals surface area contributed by atoms with E-state index < -0.39 is 4.92 Å². The first-order valence-electron chi connectivity index (χ1n) is 13.1. The largest absolute Gasteiger partial charge is 0.497 e. The lowest BCUT2D eigenvalue weighted by Gasteiger charge is -2.51. The Bertz CT molecular complexity index is 1520. The summed E-state index contributed by atoms with van der Waals surface area (Å²) >= 11 is 0. The molecule has 5 atom stereocenters. The van der Waals surface area contributed by atoms with Gasteiger partial charge in [0.1, 0.15) is 17.1 Å². The lowest BCUT2D eigenvalue weighted by molar-refractivity contribution is -0.384. The number of methoxy groups -OCH3 is 1. The number of piperidine rings is 3. The zero-order valence-corrected chi connectivity index (χ0v) is 21.7. The Morgan fingerprint density at radius 2 is 2.13 bits per heavy atom. The molecular formula is C29H30N6O4. The van der Waals surface area contributed by atoms with Crippen LogP contribution in [0.1, 0.15) is 30.2 Å². The van der Waals surface area contributed by atoms with Crippen molar-refractivity contribution in [2.24, 2.45) is 11.8 Å². The molecule has 0 aliphatic carbocycles. The van der Waals surface area contributed by atoms with Crippen molar-refractivity contribution in [2.45, 2.75) is 31.6 Å². The van der Waals surface area contributed by atoms with E-state index in [0.717, 1.165) is 48.1 Å². The molecule has 7 rings (SSSR count). The third kappa shape index (κ3) is 4.77. The van der Waals surface area contributed by atoms with Gasteiger partial charge in [-0.25, -0.2) is 4.68 Å². The number of fused-ring (bicyclic) bond motifs is 4. The number of hydrogen-bond donors (Lipinski definition) is 0. The predicted octanol–water partition coefficient (Wildman–Crippen LogP) is 4.89. The van der Waals surface area contributed by atoms with E-state index in [0.29, 0.717) is 23.2 Å². The van der Waals surface area contributed by atoms with Crippen LogP contribution < -0.4 is 4.74 Å². The molecule has 0 radical (unpaired) electrons. The van der Waals surface area contributed by atoms with Gasteiger partial charge in [0.15, 0.2) is 0 Å². The number of aromatic nitrogens is 4. The summed E-state index contributed by atoms with van der Waals surface area (Å²) in [4.78, 5) is 18.2. The number of hydrogen-bond acceptors (Lipinski definition) is 8. The molecule has 2 aromatic carbocycles. The van der Waals surface area contributed by atoms with Gasteiger partial charge < -0.3 is 9.47 Å². The van der Waals surface area contributed by atoms with E-state index in [1.165, 1.54) is 10.7 Å². The second-order valence-corrected chi connectivity index (χ2v) is 10.2. The summed E-state index contributed by atoms with van der Waals surface area (Å²) < 4.78 is 13.6. The lowest BCUT2D eigenvalue weighted by Crippen LogP contribution is -2.55. The lowest BCUT2D eigenvalue weighted by atomic mass is 9.73. The number of benzene rings is 2. The second-order valence-electron chi connectivity index (χ2n) is 10.2. The van der Waals surface area contributed by atoms with Gasteiger partial charge in [-0.15, -0.1) is 11.7 Å². The van der Waals surface area contributed by atoms with Gasteiger partial charge in [-0.05, 0) is 67.1 Å². The molecule has 39 heavy (non-hydrogen) atoms. The van der Waals surface area contributed by atoms with Crippen molar-refractivity contribution in [2.75, 3.05) is 20.2 Å². The fourth-order valence-corrected chi connectivity index (χ4v) is 6.09. The van der Waals surface area contributed by atoms with Gasteiger partial charge in [0.05, 0.1) is 36.5 Å². The van der Waals surface area contributed by atoms with Gasteiger partial charge in [0.25, 0.3) is 5.69 Å². The second kappa shape index (κ2) is 10.5. The highest BCUT2D eigenvalue weighted by atomic mass is 16.6. The molecule has 0 saturated carbocycles. The smallest absolute Gasteiger partial charge is 0.294 e. The zero-order valence-electron chi connectivity index (χ0n) is 21.7. The molecule has 3 saturated heterocycles. The highest BCUT2D eigenvalue weighted by molar-refractivity contribution is 5.84. The predicted molar refractivity (Wildman–Crippen MR) is 146 cm³/mol. The van der Waals surface area contributed by atoms with Crippen LogP contribution in [-0.2, 0) is 11.3 Å². The van der Waals surface area contributed by atoms with Crippen LogP contribution in [0.25, 0.3) is 16.6 Å². The van der Waals surface area contributed by atoms with Crippen molar-refractivity contribution >= 4 is 16.6 Å². The fraction of sp³-hybridized carbons (Fsp3) is 0.345. The molecule has 3 fully saturated rings. The van der Waals surface area contributed by atoms with E-state index >= 15 is 0 Å². The highest BCUT2D eigenvalue weighted by Crippen LogP contribution is 2.44. The van der Waals surface area contributed by atoms with E-state index in [4.69, 9.17) is 9.47 Å². The minimum absolute atomic E-state index is 0.0345. The minimum atomic E-state index is -0.422. The summed E-state index contributed by atoms with van der Waals surface area (Å²) in [6.45, 7) is 6.28. The van der Waals surface area contributed by atoms with Crippen molar-refractivity contribution in [3.63, 3.8) is 0 Å². The Morgan fingerprint density at radius 3 is 2.90 bits per heavy atom. The standard InChI is InChI=1S/C29H30N6O4/c1-3-19-16-33-13-11-20(19)14-28(33)29(23-10-12-30-25-9-8-22(38-2)15-24(23)25)39-18-21-17-34(32-31-21)26-6-4-5-7-27(26)35(36)37/h3-10,12,15,17,19-20,28-29H,1,11,13-14,16,18H2,2H3/t19-,20-,28+,29+/m0/s1. The maximum absolute atomic E-state index is 11.5. The average Bonchev–Trinajstić information content (AvgIpc) is 3.46. The molecular weight excluding hydrogens is 496 g/mol. The van der Waals surface area contributed by atoms with Crippen LogP contribution in [0.2, 0.25) is 0 Å². The molecule has 0 amide bonds. The molecule has 3 aliphatic heterocycles. The Hall–Kier alpha value is -4.15. The van der Waals surface area contributed by atoms with E-state index in [-0.39, 0.29) is 24.4 Å². The molecule has 200 valence electrons. The molecule has 4 aromatic rings. The molecule has 5 heterocycles. The normalized spacial score (nSPS) is 23.0. The first-order chi connectivity index (χ1) is 19.1. The number of nitrogens with zero attached hydrogens (tertiary/aromatic N) is 6. The number of para-hydroxylation sites is 2. The van der Waals surface area contributed by atoms with Crippen LogP contribution in [0.5, 0.6) is 5.75 Å². The van der Waals surface area contributed by atoms with Crippen molar-refractivity contribution in [3.8, 4) is 11.4 Å². The maximum Gasteiger partial charge on any atom is 0.294 e. The topological polar surface area (TPSA) is 108 Å². The van der Waals surface area contributed by atoms with Crippen molar-refractivity contribution in [1.82, 2.24) is 24.9 Å². The van der Waals surface area contributed by atoms with E-state index in [2.05, 4.69) is 32.9 Å². The first-order valence-corrected chi connectivity index (χ1v) is 13.1. The fourth-order valence-electron chi connectivity index (χ4n) is 6.09. The van der Waals surface area contributed by atoms with Gasteiger partial charge in [-0.1, -0.05) is 23.4 Å². The molecule has 10 nitrogen and oxygen atoms in total. The molecule has 2 aromatic heterocycles. The van der Waals surface area contributed by atoms with E-state index in [1.807, 2.05) is 30.5 Å². The Kier molecular flexibility index (Phi) is 6.80.